The minimum Gasteiger partial charge on any atom is -0.504 e. The van der Waals surface area contributed by atoms with Gasteiger partial charge in [0, 0.05) is 32.5 Å². The molecule has 1 N–H and O–H groups in total. The fourth-order valence-corrected chi connectivity index (χ4v) is 4.92. The third kappa shape index (κ3) is 3.79. The Morgan fingerprint density at radius 2 is 2.09 bits per heavy atom. The zero-order valence-corrected chi connectivity index (χ0v) is 18.7. The number of phenolic OH excluding ortho intramolecular Hbond substituents is 1. The molecule has 3 heterocycles. The summed E-state index contributed by atoms with van der Waals surface area (Å²) in [5.41, 5.74) is 0.529. The molecule has 10 nitrogen and oxygen atoms in total. The molecule has 11 heteroatoms. The maximum atomic E-state index is 12.9. The summed E-state index contributed by atoms with van der Waals surface area (Å²) >= 11 is 1.62. The van der Waals surface area contributed by atoms with E-state index >= 15 is 0 Å². The molecule has 2 aromatic heterocycles. The molecule has 0 saturated carbocycles. The predicted molar refractivity (Wildman–Crippen MR) is 122 cm³/mol. The maximum absolute atomic E-state index is 12.9. The average molecular weight is 458 g/mol. The first kappa shape index (κ1) is 21.8. The summed E-state index contributed by atoms with van der Waals surface area (Å²) in [6.45, 7) is 0.960. The van der Waals surface area contributed by atoms with Crippen LogP contribution in [0.3, 0.4) is 0 Å². The number of thioether (sulfide) groups is 1. The van der Waals surface area contributed by atoms with Crippen molar-refractivity contribution in [2.45, 2.75) is 11.9 Å². The third-order valence-corrected chi connectivity index (χ3v) is 6.67. The van der Waals surface area contributed by atoms with Crippen LogP contribution in [0.4, 0.5) is 0 Å². The molecule has 1 saturated heterocycles. The number of hydrogen-bond acceptors (Lipinski definition) is 7. The first-order valence-electron chi connectivity index (χ1n) is 9.90. The Morgan fingerprint density at radius 1 is 1.31 bits per heavy atom. The fourth-order valence-electron chi connectivity index (χ4n) is 3.69. The quantitative estimate of drug-likeness (QED) is 0.563. The van der Waals surface area contributed by atoms with Crippen molar-refractivity contribution in [2.75, 3.05) is 19.4 Å². The molecule has 1 amide bonds. The second-order valence-electron chi connectivity index (χ2n) is 7.40. The Morgan fingerprint density at radius 3 is 2.84 bits per heavy atom. The van der Waals surface area contributed by atoms with Crippen LogP contribution in [0.2, 0.25) is 0 Å². The van der Waals surface area contributed by atoms with Crippen molar-refractivity contribution in [1.82, 2.24) is 23.6 Å². The van der Waals surface area contributed by atoms with E-state index in [1.165, 1.54) is 37.2 Å². The van der Waals surface area contributed by atoms with Gasteiger partial charge in [-0.25, -0.2) is 9.78 Å². The molecule has 3 aromatic rings. The van der Waals surface area contributed by atoms with Crippen LogP contribution in [0.15, 0.2) is 40.2 Å². The number of hydrogen-bond donors (Lipinski definition) is 1. The largest absolute Gasteiger partial charge is 0.504 e. The van der Waals surface area contributed by atoms with Gasteiger partial charge >= 0.3 is 5.69 Å². The molecule has 1 unspecified atom stereocenters. The van der Waals surface area contributed by atoms with Gasteiger partial charge in [-0.1, -0.05) is 6.07 Å². The summed E-state index contributed by atoms with van der Waals surface area (Å²) in [5, 5.41) is 9.53. The summed E-state index contributed by atoms with van der Waals surface area (Å²) in [4.78, 5) is 43.7. The number of imidazole rings is 1. The fraction of sp³-hybridized carbons (Fsp3) is 0.333. The van der Waals surface area contributed by atoms with Crippen molar-refractivity contribution in [3.05, 3.63) is 57.0 Å². The first-order chi connectivity index (χ1) is 15.3. The smallest absolute Gasteiger partial charge is 0.332 e. The van der Waals surface area contributed by atoms with Gasteiger partial charge in [-0.15, -0.1) is 11.8 Å². The van der Waals surface area contributed by atoms with Gasteiger partial charge in [-0.3, -0.25) is 18.7 Å². The Balaban J connectivity index is 1.56. The van der Waals surface area contributed by atoms with Crippen LogP contribution in [0.1, 0.15) is 5.56 Å². The number of carbonyl (C=O) groups is 1. The summed E-state index contributed by atoms with van der Waals surface area (Å²) in [5.74, 6) is 0.984. The van der Waals surface area contributed by atoms with E-state index in [-0.39, 0.29) is 17.0 Å². The van der Waals surface area contributed by atoms with Gasteiger partial charge in [0.15, 0.2) is 22.7 Å². The number of methoxy groups -OCH3 is 1. The number of rotatable bonds is 5. The molecule has 0 radical (unpaired) electrons. The first-order valence-corrected chi connectivity index (χ1v) is 10.9. The highest BCUT2D eigenvalue weighted by Crippen LogP contribution is 2.28. The molecule has 1 aliphatic heterocycles. The highest BCUT2D eigenvalue weighted by Gasteiger charge is 2.29. The lowest BCUT2D eigenvalue weighted by molar-refractivity contribution is -0.126. The topological polar surface area (TPSA) is 112 Å². The molecule has 1 atom stereocenters. The SMILES string of the molecule is COc1cc(C=CC(=O)N2CCSC2Cn2cnc3c2c(=O)n(C)c(=O)n3C)ccc1O. The van der Waals surface area contributed by atoms with Crippen molar-refractivity contribution in [3.63, 3.8) is 0 Å². The van der Waals surface area contributed by atoms with E-state index in [1.54, 1.807) is 46.5 Å². The standard InChI is InChI=1S/C21H23N5O5S/c1-23-19-18(20(29)24(2)21(23)30)25(12-22-19)11-17-26(8-9-32-17)16(28)7-5-13-4-6-14(27)15(10-13)31-3/h4-7,10,12,17,27H,8-9,11H2,1-3H3. The number of ether oxygens (including phenoxy) is 1. The normalized spacial score (nSPS) is 16.3. The number of aromatic hydroxyl groups is 1. The molecule has 1 fully saturated rings. The second kappa shape index (κ2) is 8.58. The Bertz CT molecular complexity index is 1340. The van der Waals surface area contributed by atoms with Crippen LogP contribution in [-0.2, 0) is 25.4 Å². The number of nitrogens with zero attached hydrogens (tertiary/aromatic N) is 5. The lowest BCUT2D eigenvalue weighted by Crippen LogP contribution is -2.39. The van der Waals surface area contributed by atoms with E-state index in [0.29, 0.717) is 30.0 Å². The minimum absolute atomic E-state index is 0.0307. The minimum atomic E-state index is -0.434. The van der Waals surface area contributed by atoms with E-state index in [1.807, 2.05) is 0 Å². The van der Waals surface area contributed by atoms with Gasteiger partial charge in [0.25, 0.3) is 5.56 Å². The maximum Gasteiger partial charge on any atom is 0.332 e. The van der Waals surface area contributed by atoms with Gasteiger partial charge in [-0.05, 0) is 23.8 Å². The molecule has 168 valence electrons. The molecule has 0 bridgehead atoms. The van der Waals surface area contributed by atoms with Crippen molar-refractivity contribution in [3.8, 4) is 11.5 Å². The number of amides is 1. The Hall–Kier alpha value is -3.47. The molecule has 4 rings (SSSR count). The van der Waals surface area contributed by atoms with Crippen molar-refractivity contribution < 1.29 is 14.6 Å². The summed E-state index contributed by atoms with van der Waals surface area (Å²) in [6.07, 6.45) is 4.69. The Labute approximate surface area is 187 Å². The Kier molecular flexibility index (Phi) is 5.83. The highest BCUT2D eigenvalue weighted by atomic mass is 32.2. The number of aryl methyl sites for hydroxylation is 1. The van der Waals surface area contributed by atoms with E-state index in [4.69, 9.17) is 4.74 Å². The van der Waals surface area contributed by atoms with Crippen LogP contribution in [0.25, 0.3) is 17.2 Å². The molecule has 1 aromatic carbocycles. The number of fused-ring (bicyclic) bond motifs is 1. The van der Waals surface area contributed by atoms with Crippen molar-refractivity contribution in [1.29, 1.82) is 0 Å². The van der Waals surface area contributed by atoms with Gasteiger partial charge < -0.3 is 19.3 Å². The summed E-state index contributed by atoms with van der Waals surface area (Å²) in [7, 11) is 4.47. The number of aromatic nitrogens is 4. The number of carbonyl (C=O) groups excluding carboxylic acids is 1. The van der Waals surface area contributed by atoms with Crippen molar-refractivity contribution in [2.24, 2.45) is 14.1 Å². The van der Waals surface area contributed by atoms with E-state index in [9.17, 15) is 19.5 Å². The second-order valence-corrected chi connectivity index (χ2v) is 8.68. The predicted octanol–water partition coefficient (Wildman–Crippen LogP) is 0.763. The van der Waals surface area contributed by atoms with Crippen LogP contribution >= 0.6 is 11.8 Å². The molecule has 32 heavy (non-hydrogen) atoms. The monoisotopic (exact) mass is 457 g/mol. The van der Waals surface area contributed by atoms with Crippen LogP contribution in [-0.4, -0.2) is 59.4 Å². The summed E-state index contributed by atoms with van der Waals surface area (Å²) in [6, 6.07) is 4.85. The van der Waals surface area contributed by atoms with Crippen molar-refractivity contribution >= 4 is 34.9 Å². The van der Waals surface area contributed by atoms with E-state index in [2.05, 4.69) is 4.98 Å². The van der Waals surface area contributed by atoms with Crippen LogP contribution in [0.5, 0.6) is 11.5 Å². The molecule has 0 aliphatic carbocycles. The van der Waals surface area contributed by atoms with Crippen LogP contribution < -0.4 is 16.0 Å². The lowest BCUT2D eigenvalue weighted by atomic mass is 10.2. The van der Waals surface area contributed by atoms with Gasteiger partial charge in [0.1, 0.15) is 0 Å². The molecular weight excluding hydrogens is 434 g/mol. The third-order valence-electron chi connectivity index (χ3n) is 5.47. The van der Waals surface area contributed by atoms with Crippen LogP contribution in [0, 0.1) is 0 Å². The van der Waals surface area contributed by atoms with E-state index < -0.39 is 11.2 Å². The molecule has 0 spiro atoms. The van der Waals surface area contributed by atoms with E-state index in [0.717, 1.165) is 15.9 Å². The summed E-state index contributed by atoms with van der Waals surface area (Å²) < 4.78 is 9.20. The van der Waals surface area contributed by atoms with Gasteiger partial charge in [-0.2, -0.15) is 0 Å². The number of phenols is 1. The van der Waals surface area contributed by atoms with Gasteiger partial charge in [0.2, 0.25) is 5.91 Å². The number of benzene rings is 1. The molecule has 1 aliphatic rings. The zero-order chi connectivity index (χ0) is 23.0. The zero-order valence-electron chi connectivity index (χ0n) is 17.9. The average Bonchev–Trinajstić information content (AvgIpc) is 3.43. The van der Waals surface area contributed by atoms with Gasteiger partial charge in [0.05, 0.1) is 25.4 Å². The highest BCUT2D eigenvalue weighted by molar-refractivity contribution is 8.00. The lowest BCUT2D eigenvalue weighted by Gasteiger charge is -2.23. The molecular formula is C21H23N5O5S.